The minimum Gasteiger partial charge on any atom is -0.456 e. The molecule has 5 heteroatoms. The molecule has 0 N–H and O–H groups in total. The van der Waals surface area contributed by atoms with Crippen molar-refractivity contribution in [3.05, 3.63) is 0 Å². The Balaban J connectivity index is 2.04. The lowest BCUT2D eigenvalue weighted by Gasteiger charge is -1.89. The first kappa shape index (κ1) is 5.15. The van der Waals surface area contributed by atoms with E-state index in [1.165, 1.54) is 15.4 Å². The van der Waals surface area contributed by atoms with Gasteiger partial charge in [0.25, 0.3) is 0 Å². The molecule has 1 rings (SSSR count). The normalized spacial score (nSPS) is 21.7. The standard InChI is InChI=1S/C2H4B2O3/c1-2-6-4-7-3-5-1/h1-2H2. The summed E-state index contributed by atoms with van der Waals surface area (Å²) in [6.45, 7) is 1.13. The molecule has 36 valence electrons. The van der Waals surface area contributed by atoms with E-state index in [0.717, 1.165) is 0 Å². The van der Waals surface area contributed by atoms with E-state index in [4.69, 9.17) is 9.31 Å². The Morgan fingerprint density at radius 1 is 1.00 bits per heavy atom. The Labute approximate surface area is 43.6 Å². The Morgan fingerprint density at radius 3 is 2.14 bits per heavy atom. The molecule has 1 fully saturated rings. The van der Waals surface area contributed by atoms with E-state index in [0.29, 0.717) is 13.2 Å². The van der Waals surface area contributed by atoms with Gasteiger partial charge in [0.05, 0.1) is 13.2 Å². The van der Waals surface area contributed by atoms with Gasteiger partial charge in [-0.1, -0.05) is 0 Å². The van der Waals surface area contributed by atoms with Gasteiger partial charge in [0.15, 0.2) is 0 Å². The van der Waals surface area contributed by atoms with Gasteiger partial charge < -0.3 is 13.9 Å². The fourth-order valence-corrected chi connectivity index (χ4v) is 0.294. The molecule has 1 aliphatic heterocycles. The summed E-state index contributed by atoms with van der Waals surface area (Å²) in [6.07, 6.45) is 0. The molecular weight excluding hydrogens is 93.6 g/mol. The van der Waals surface area contributed by atoms with E-state index in [2.05, 4.69) is 4.57 Å². The second kappa shape index (κ2) is 3.07. The van der Waals surface area contributed by atoms with Crippen LogP contribution in [0.4, 0.5) is 0 Å². The van der Waals surface area contributed by atoms with Crippen molar-refractivity contribution in [2.24, 2.45) is 0 Å². The third-order valence-corrected chi connectivity index (χ3v) is 0.566. The molecule has 0 spiro atoms. The fraction of sp³-hybridized carbons (Fsp3) is 1.00. The number of hydrogen-bond donors (Lipinski definition) is 0. The van der Waals surface area contributed by atoms with Gasteiger partial charge in [0, 0.05) is 0 Å². The van der Waals surface area contributed by atoms with Gasteiger partial charge in [-0.05, 0) is 0 Å². The largest absolute Gasteiger partial charge is 0.472 e. The molecule has 0 atom stereocenters. The Bertz CT molecular complexity index is 30.5. The summed E-state index contributed by atoms with van der Waals surface area (Å²) >= 11 is 0. The Kier molecular flexibility index (Phi) is 2.26. The molecule has 1 saturated heterocycles. The second-order valence-electron chi connectivity index (χ2n) is 1.07. The summed E-state index contributed by atoms with van der Waals surface area (Å²) in [5.41, 5.74) is 0. The highest BCUT2D eigenvalue weighted by Gasteiger charge is 2.01. The highest BCUT2D eigenvalue weighted by molar-refractivity contribution is 6.34. The predicted octanol–water partition coefficient (Wildman–Crippen LogP) is -0.882. The van der Waals surface area contributed by atoms with Crippen molar-refractivity contribution in [3.63, 3.8) is 0 Å². The summed E-state index contributed by atoms with van der Waals surface area (Å²) in [5, 5.41) is 0. The van der Waals surface area contributed by atoms with Gasteiger partial charge in [0.1, 0.15) is 0 Å². The van der Waals surface area contributed by atoms with E-state index < -0.39 is 0 Å². The molecule has 0 unspecified atom stereocenters. The molecule has 1 heterocycles. The molecule has 2 radical (unpaired) electrons. The zero-order valence-electron chi connectivity index (χ0n) is 3.79. The van der Waals surface area contributed by atoms with Crippen molar-refractivity contribution >= 4 is 15.4 Å². The zero-order valence-corrected chi connectivity index (χ0v) is 3.79. The predicted molar refractivity (Wildman–Crippen MR) is 24.5 cm³/mol. The maximum absolute atomic E-state index is 4.69. The van der Waals surface area contributed by atoms with Crippen LogP contribution in [0.5, 0.6) is 0 Å². The molecule has 0 aliphatic carbocycles. The van der Waals surface area contributed by atoms with Crippen LogP contribution >= 0.6 is 0 Å². The molecule has 0 aromatic carbocycles. The van der Waals surface area contributed by atoms with Crippen LogP contribution in [0.3, 0.4) is 0 Å². The van der Waals surface area contributed by atoms with Crippen molar-refractivity contribution < 1.29 is 13.9 Å². The van der Waals surface area contributed by atoms with Crippen LogP contribution < -0.4 is 0 Å². The van der Waals surface area contributed by atoms with E-state index in [1.807, 2.05) is 0 Å². The summed E-state index contributed by atoms with van der Waals surface area (Å²) < 4.78 is 13.9. The third kappa shape index (κ3) is 1.97. The van der Waals surface area contributed by atoms with E-state index in [-0.39, 0.29) is 0 Å². The van der Waals surface area contributed by atoms with Crippen LogP contribution in [0.25, 0.3) is 0 Å². The van der Waals surface area contributed by atoms with Crippen molar-refractivity contribution in [1.29, 1.82) is 0 Å². The molecular formula is C2H4B2O3. The van der Waals surface area contributed by atoms with Crippen molar-refractivity contribution in [1.82, 2.24) is 0 Å². The maximum atomic E-state index is 4.69. The molecule has 0 bridgehead atoms. The fourth-order valence-electron chi connectivity index (χ4n) is 0.294. The topological polar surface area (TPSA) is 27.7 Å². The third-order valence-electron chi connectivity index (χ3n) is 0.566. The first-order valence-electron chi connectivity index (χ1n) is 2.02. The SMILES string of the molecule is [B]1O[B]OCCO1. The average Bonchev–Trinajstić information content (AvgIpc) is 1.90. The Hall–Kier alpha value is 0.00987. The number of hydrogen-bond acceptors (Lipinski definition) is 3. The van der Waals surface area contributed by atoms with Gasteiger partial charge >= 0.3 is 15.4 Å². The van der Waals surface area contributed by atoms with Crippen molar-refractivity contribution in [2.45, 2.75) is 0 Å². The van der Waals surface area contributed by atoms with Crippen LogP contribution in [0.1, 0.15) is 0 Å². The van der Waals surface area contributed by atoms with E-state index in [9.17, 15) is 0 Å². The molecule has 7 heavy (non-hydrogen) atoms. The monoisotopic (exact) mass is 98.0 g/mol. The lowest BCUT2D eigenvalue weighted by molar-refractivity contribution is 0.242. The second-order valence-corrected chi connectivity index (χ2v) is 1.07. The van der Waals surface area contributed by atoms with Crippen LogP contribution in [0, 0.1) is 0 Å². The van der Waals surface area contributed by atoms with Crippen LogP contribution in [-0.2, 0) is 13.9 Å². The number of rotatable bonds is 0. The van der Waals surface area contributed by atoms with E-state index in [1.54, 1.807) is 0 Å². The smallest absolute Gasteiger partial charge is 0.456 e. The maximum Gasteiger partial charge on any atom is 0.472 e. The lowest BCUT2D eigenvalue weighted by Crippen LogP contribution is -2.03. The summed E-state index contributed by atoms with van der Waals surface area (Å²) in [7, 11) is 2.49. The molecule has 0 aromatic heterocycles. The van der Waals surface area contributed by atoms with Crippen molar-refractivity contribution in [2.75, 3.05) is 13.2 Å². The van der Waals surface area contributed by atoms with Crippen LogP contribution in [0.2, 0.25) is 0 Å². The highest BCUT2D eigenvalue weighted by Crippen LogP contribution is 1.81. The van der Waals surface area contributed by atoms with Gasteiger partial charge in [-0.15, -0.1) is 0 Å². The Morgan fingerprint density at radius 2 is 1.57 bits per heavy atom. The molecule has 0 aromatic rings. The van der Waals surface area contributed by atoms with Gasteiger partial charge in [-0.2, -0.15) is 0 Å². The van der Waals surface area contributed by atoms with Gasteiger partial charge in [-0.3, -0.25) is 0 Å². The molecule has 3 nitrogen and oxygen atoms in total. The first-order valence-corrected chi connectivity index (χ1v) is 2.02. The van der Waals surface area contributed by atoms with Gasteiger partial charge in [-0.25, -0.2) is 0 Å². The minimum absolute atomic E-state index is 0.566. The van der Waals surface area contributed by atoms with Crippen molar-refractivity contribution in [3.8, 4) is 0 Å². The molecule has 0 amide bonds. The summed E-state index contributed by atoms with van der Waals surface area (Å²) in [5.74, 6) is 0. The quantitative estimate of drug-likeness (QED) is 0.368. The molecule has 1 aliphatic rings. The first-order chi connectivity index (χ1) is 3.50. The van der Waals surface area contributed by atoms with Crippen LogP contribution in [0.15, 0.2) is 0 Å². The minimum atomic E-state index is 0.566. The average molecular weight is 97.7 g/mol. The van der Waals surface area contributed by atoms with E-state index >= 15 is 0 Å². The highest BCUT2D eigenvalue weighted by atomic mass is 16.6. The lowest BCUT2D eigenvalue weighted by atomic mass is 10.3. The molecule has 0 saturated carbocycles. The summed E-state index contributed by atoms with van der Waals surface area (Å²) in [6, 6.07) is 0. The zero-order chi connectivity index (χ0) is 4.95. The summed E-state index contributed by atoms with van der Waals surface area (Å²) in [4.78, 5) is 0. The van der Waals surface area contributed by atoms with Gasteiger partial charge in [0.2, 0.25) is 0 Å². The van der Waals surface area contributed by atoms with Crippen LogP contribution in [-0.4, -0.2) is 28.6 Å².